The lowest BCUT2D eigenvalue weighted by molar-refractivity contribution is -0.142. The second-order valence-electron chi connectivity index (χ2n) is 7.03. The van der Waals surface area contributed by atoms with Crippen LogP contribution in [-0.2, 0) is 22.6 Å². The molecular weight excluding hydrogens is 412 g/mol. The zero-order valence-electron chi connectivity index (χ0n) is 17.3. The number of hydrogen-bond donors (Lipinski definition) is 1. The maximum Gasteiger partial charge on any atom is 0.261 e. The molecule has 0 fully saturated rings. The molecule has 0 aromatic heterocycles. The van der Waals surface area contributed by atoms with Gasteiger partial charge in [-0.15, -0.1) is 0 Å². The number of likely N-dealkylation sites (N-methyl/N-ethyl adjacent to an activating group) is 1. The molecule has 0 radical (unpaired) electrons. The average Bonchev–Trinajstić information content (AvgIpc) is 2.81. The smallest absolute Gasteiger partial charge is 0.261 e. The number of hydrogen-bond acceptors (Lipinski definition) is 3. The third kappa shape index (κ3) is 6.33. The lowest BCUT2D eigenvalue weighted by Gasteiger charge is -2.31. The second-order valence-corrected chi connectivity index (χ2v) is 7.44. The fourth-order valence-electron chi connectivity index (χ4n) is 3.28. The Bertz CT molecular complexity index is 996. The summed E-state index contributed by atoms with van der Waals surface area (Å²) in [4.78, 5) is 27.6. The molecule has 2 amide bonds. The molecule has 0 heterocycles. The largest absolute Gasteiger partial charge is 0.484 e. The maximum absolute atomic E-state index is 13.3. The van der Waals surface area contributed by atoms with Crippen LogP contribution in [0.1, 0.15) is 11.1 Å². The summed E-state index contributed by atoms with van der Waals surface area (Å²) >= 11 is 6.35. The van der Waals surface area contributed by atoms with Crippen molar-refractivity contribution in [2.24, 2.45) is 0 Å². The van der Waals surface area contributed by atoms with Gasteiger partial charge in [-0.1, -0.05) is 78.3 Å². The minimum atomic E-state index is -0.712. The molecule has 6 heteroatoms. The predicted octanol–water partition coefficient (Wildman–Crippen LogP) is 4.10. The van der Waals surface area contributed by atoms with Gasteiger partial charge in [0.05, 0.1) is 0 Å². The number of amides is 2. The fraction of sp³-hybridized carbons (Fsp3) is 0.200. The van der Waals surface area contributed by atoms with E-state index in [4.69, 9.17) is 16.3 Å². The number of para-hydroxylation sites is 1. The van der Waals surface area contributed by atoms with E-state index in [2.05, 4.69) is 5.32 Å². The minimum Gasteiger partial charge on any atom is -0.484 e. The van der Waals surface area contributed by atoms with Crippen molar-refractivity contribution in [3.8, 4) is 5.75 Å². The molecule has 0 saturated carbocycles. The SMILES string of the molecule is CNC(=O)C(Cc1ccccc1)N(Cc1ccccc1Cl)C(=O)COc1ccccc1. The number of nitrogens with one attached hydrogen (secondary N) is 1. The molecule has 5 nitrogen and oxygen atoms in total. The molecule has 0 aliphatic heterocycles. The Balaban J connectivity index is 1.88. The Labute approximate surface area is 187 Å². The van der Waals surface area contributed by atoms with Crippen LogP contribution in [0.5, 0.6) is 5.75 Å². The summed E-state index contributed by atoms with van der Waals surface area (Å²) in [6.45, 7) is 0.0122. The molecule has 3 rings (SSSR count). The molecular formula is C25H25ClN2O3. The predicted molar refractivity (Wildman–Crippen MR) is 122 cm³/mol. The van der Waals surface area contributed by atoms with E-state index in [9.17, 15) is 9.59 Å². The molecule has 31 heavy (non-hydrogen) atoms. The van der Waals surface area contributed by atoms with Gasteiger partial charge in [-0.3, -0.25) is 9.59 Å². The van der Waals surface area contributed by atoms with Gasteiger partial charge in [0.1, 0.15) is 11.8 Å². The van der Waals surface area contributed by atoms with Gasteiger partial charge in [-0.2, -0.15) is 0 Å². The van der Waals surface area contributed by atoms with Crippen LogP contribution in [0, 0.1) is 0 Å². The number of rotatable bonds is 9. The Hall–Kier alpha value is -3.31. The number of carbonyl (C=O) groups excluding carboxylic acids is 2. The Morgan fingerprint density at radius 1 is 0.935 bits per heavy atom. The van der Waals surface area contributed by atoms with Crippen LogP contribution in [0.4, 0.5) is 0 Å². The van der Waals surface area contributed by atoms with Gasteiger partial charge in [-0.05, 0) is 29.3 Å². The highest BCUT2D eigenvalue weighted by Gasteiger charge is 2.30. The second kappa shape index (κ2) is 11.2. The van der Waals surface area contributed by atoms with Crippen molar-refractivity contribution >= 4 is 23.4 Å². The van der Waals surface area contributed by atoms with Gasteiger partial charge >= 0.3 is 0 Å². The van der Waals surface area contributed by atoms with Crippen LogP contribution in [0.2, 0.25) is 5.02 Å². The van der Waals surface area contributed by atoms with Crippen LogP contribution in [0.3, 0.4) is 0 Å². The molecule has 1 N–H and O–H groups in total. The third-order valence-electron chi connectivity index (χ3n) is 4.92. The minimum absolute atomic E-state index is 0.184. The molecule has 0 bridgehead atoms. The van der Waals surface area contributed by atoms with Gasteiger partial charge in [-0.25, -0.2) is 0 Å². The Kier molecular flexibility index (Phi) is 8.07. The molecule has 0 spiro atoms. The van der Waals surface area contributed by atoms with Crippen molar-refractivity contribution in [3.05, 3.63) is 101 Å². The molecule has 0 aliphatic rings. The monoisotopic (exact) mass is 436 g/mol. The van der Waals surface area contributed by atoms with Crippen molar-refractivity contribution in [2.75, 3.05) is 13.7 Å². The highest BCUT2D eigenvalue weighted by atomic mass is 35.5. The van der Waals surface area contributed by atoms with Crippen molar-refractivity contribution in [2.45, 2.75) is 19.0 Å². The normalized spacial score (nSPS) is 11.4. The standard InChI is InChI=1S/C25H25ClN2O3/c1-27-25(30)23(16-19-10-4-2-5-11-19)28(17-20-12-8-9-15-22(20)26)24(29)18-31-21-13-6-3-7-14-21/h2-15,23H,16-18H2,1H3,(H,27,30). The molecule has 0 saturated heterocycles. The van der Waals surface area contributed by atoms with E-state index < -0.39 is 6.04 Å². The number of ether oxygens (including phenoxy) is 1. The fourth-order valence-corrected chi connectivity index (χ4v) is 3.47. The van der Waals surface area contributed by atoms with Gasteiger partial charge in [0, 0.05) is 25.0 Å². The Morgan fingerprint density at radius 2 is 1.55 bits per heavy atom. The van der Waals surface area contributed by atoms with Crippen molar-refractivity contribution in [1.29, 1.82) is 0 Å². The van der Waals surface area contributed by atoms with Crippen LogP contribution in [0.15, 0.2) is 84.9 Å². The lowest BCUT2D eigenvalue weighted by Crippen LogP contribution is -2.51. The summed E-state index contributed by atoms with van der Waals surface area (Å²) < 4.78 is 5.67. The summed E-state index contributed by atoms with van der Waals surface area (Å²) in [5.41, 5.74) is 1.72. The van der Waals surface area contributed by atoms with Crippen molar-refractivity contribution < 1.29 is 14.3 Å². The highest BCUT2D eigenvalue weighted by Crippen LogP contribution is 2.21. The van der Waals surface area contributed by atoms with E-state index in [-0.39, 0.29) is 25.0 Å². The van der Waals surface area contributed by atoms with E-state index in [0.29, 0.717) is 17.2 Å². The number of nitrogens with zero attached hydrogens (tertiary/aromatic N) is 1. The topological polar surface area (TPSA) is 58.6 Å². The summed E-state index contributed by atoms with van der Waals surface area (Å²) in [7, 11) is 1.57. The number of benzene rings is 3. The zero-order valence-corrected chi connectivity index (χ0v) is 18.1. The highest BCUT2D eigenvalue weighted by molar-refractivity contribution is 6.31. The lowest BCUT2D eigenvalue weighted by atomic mass is 10.0. The summed E-state index contributed by atoms with van der Waals surface area (Å²) in [5, 5.41) is 3.23. The number of halogens is 1. The van der Waals surface area contributed by atoms with Gasteiger partial charge < -0.3 is 15.0 Å². The third-order valence-corrected chi connectivity index (χ3v) is 5.29. The first-order valence-electron chi connectivity index (χ1n) is 10.0. The quantitative estimate of drug-likeness (QED) is 0.549. The summed E-state index contributed by atoms with van der Waals surface area (Å²) in [6.07, 6.45) is 0.377. The van der Waals surface area contributed by atoms with Gasteiger partial charge in [0.25, 0.3) is 5.91 Å². The summed E-state index contributed by atoms with van der Waals surface area (Å²) in [6, 6.07) is 25.3. The van der Waals surface area contributed by atoms with Crippen molar-refractivity contribution in [1.82, 2.24) is 10.2 Å². The number of carbonyl (C=O) groups is 2. The molecule has 1 atom stereocenters. The molecule has 0 aliphatic carbocycles. The molecule has 160 valence electrons. The first-order valence-corrected chi connectivity index (χ1v) is 10.4. The first-order chi connectivity index (χ1) is 15.1. The zero-order chi connectivity index (χ0) is 22.1. The summed E-state index contributed by atoms with van der Waals surface area (Å²) in [5.74, 6) is 0.0466. The molecule has 1 unspecified atom stereocenters. The van der Waals surface area contributed by atoms with E-state index in [1.165, 1.54) is 4.90 Å². The van der Waals surface area contributed by atoms with Crippen LogP contribution >= 0.6 is 11.6 Å². The first kappa shape index (κ1) is 22.4. The van der Waals surface area contributed by atoms with E-state index in [1.807, 2.05) is 66.7 Å². The molecule has 3 aromatic rings. The van der Waals surface area contributed by atoms with Crippen LogP contribution in [-0.4, -0.2) is 36.4 Å². The van der Waals surface area contributed by atoms with Crippen molar-refractivity contribution in [3.63, 3.8) is 0 Å². The van der Waals surface area contributed by atoms with Crippen LogP contribution < -0.4 is 10.1 Å². The van der Waals surface area contributed by atoms with E-state index in [0.717, 1.165) is 11.1 Å². The van der Waals surface area contributed by atoms with Crippen LogP contribution in [0.25, 0.3) is 0 Å². The van der Waals surface area contributed by atoms with E-state index in [1.54, 1.807) is 25.2 Å². The van der Waals surface area contributed by atoms with Gasteiger partial charge in [0.15, 0.2) is 6.61 Å². The Morgan fingerprint density at radius 3 is 2.19 bits per heavy atom. The van der Waals surface area contributed by atoms with Gasteiger partial charge in [0.2, 0.25) is 5.91 Å². The maximum atomic E-state index is 13.3. The molecule has 3 aromatic carbocycles. The van der Waals surface area contributed by atoms with E-state index >= 15 is 0 Å². The average molecular weight is 437 g/mol.